The molecule has 0 atom stereocenters. The van der Waals surface area contributed by atoms with Gasteiger partial charge in [-0.1, -0.05) is 6.58 Å². The number of ether oxygens (including phenoxy) is 2. The summed E-state index contributed by atoms with van der Waals surface area (Å²) in [6, 6.07) is 0. The number of carbonyl (C=O) groups excluding carboxylic acids is 3. The zero-order chi connectivity index (χ0) is 15.0. The number of hydrogen-bond acceptors (Lipinski definition) is 5. The average molecular weight is 284 g/mol. The van der Waals surface area contributed by atoms with Crippen molar-refractivity contribution < 1.29 is 23.9 Å². The smallest absolute Gasteiger partial charge is 0.407 e. The highest BCUT2D eigenvalue weighted by Crippen LogP contribution is 2.08. The maximum Gasteiger partial charge on any atom is 0.407 e. The van der Waals surface area contributed by atoms with Gasteiger partial charge in [0.05, 0.1) is 13.1 Å². The number of alkyl carbamates (subject to hydrolysis) is 1. The summed E-state index contributed by atoms with van der Waals surface area (Å²) in [4.78, 5) is 35.3. The van der Waals surface area contributed by atoms with Gasteiger partial charge in [0.2, 0.25) is 5.91 Å². The fourth-order valence-corrected chi connectivity index (χ4v) is 1.66. The van der Waals surface area contributed by atoms with Gasteiger partial charge in [-0.3, -0.25) is 4.79 Å². The third kappa shape index (κ3) is 5.73. The van der Waals surface area contributed by atoms with Crippen LogP contribution < -0.4 is 5.32 Å². The molecule has 0 radical (unpaired) electrons. The molecule has 20 heavy (non-hydrogen) atoms. The molecule has 0 aliphatic carbocycles. The first-order valence-corrected chi connectivity index (χ1v) is 6.51. The third-order valence-corrected chi connectivity index (χ3v) is 2.72. The van der Waals surface area contributed by atoms with E-state index in [4.69, 9.17) is 9.47 Å². The van der Waals surface area contributed by atoms with Crippen LogP contribution in [0, 0.1) is 0 Å². The lowest BCUT2D eigenvalue weighted by Gasteiger charge is -2.15. The quantitative estimate of drug-likeness (QED) is 0.417. The highest BCUT2D eigenvalue weighted by Gasteiger charge is 2.19. The number of esters is 1. The standard InChI is InChI=1S/C13H20N2O5/c1-10(2)12(17)19-8-5-14-13(18)20-9-7-15-6-3-4-11(15)16/h1,3-9H2,2H3,(H,14,18). The van der Waals surface area contributed by atoms with Gasteiger partial charge in [-0.05, 0) is 13.3 Å². The van der Waals surface area contributed by atoms with Crippen molar-refractivity contribution in [3.05, 3.63) is 12.2 Å². The molecule has 7 heteroatoms. The van der Waals surface area contributed by atoms with E-state index in [1.165, 1.54) is 0 Å². The Balaban J connectivity index is 2.02. The zero-order valence-electron chi connectivity index (χ0n) is 11.6. The lowest BCUT2D eigenvalue weighted by molar-refractivity contribution is -0.138. The lowest BCUT2D eigenvalue weighted by Crippen LogP contribution is -2.33. The van der Waals surface area contributed by atoms with Gasteiger partial charge in [0.15, 0.2) is 0 Å². The van der Waals surface area contributed by atoms with Crippen molar-refractivity contribution >= 4 is 18.0 Å². The van der Waals surface area contributed by atoms with Crippen molar-refractivity contribution in [2.75, 3.05) is 32.8 Å². The van der Waals surface area contributed by atoms with Crippen LogP contribution in [0.25, 0.3) is 0 Å². The van der Waals surface area contributed by atoms with Gasteiger partial charge in [-0.25, -0.2) is 9.59 Å². The van der Waals surface area contributed by atoms with Crippen LogP contribution in [0.2, 0.25) is 0 Å². The van der Waals surface area contributed by atoms with E-state index in [1.54, 1.807) is 11.8 Å². The Morgan fingerprint density at radius 1 is 1.35 bits per heavy atom. The number of rotatable bonds is 7. The second-order valence-electron chi connectivity index (χ2n) is 4.46. The SMILES string of the molecule is C=C(C)C(=O)OCCNC(=O)OCCN1CCCC1=O. The molecule has 0 saturated carbocycles. The molecule has 0 aromatic heterocycles. The van der Waals surface area contributed by atoms with Crippen molar-refractivity contribution in [3.63, 3.8) is 0 Å². The number of likely N-dealkylation sites (tertiary alicyclic amines) is 1. The Hall–Kier alpha value is -2.05. The maximum absolute atomic E-state index is 11.3. The molecule has 0 aromatic carbocycles. The summed E-state index contributed by atoms with van der Waals surface area (Å²) in [5, 5.41) is 2.44. The van der Waals surface area contributed by atoms with Crippen LogP contribution in [0.5, 0.6) is 0 Å². The third-order valence-electron chi connectivity index (χ3n) is 2.72. The molecule has 7 nitrogen and oxygen atoms in total. The predicted octanol–water partition coefficient (Wildman–Crippen LogP) is 0.454. The van der Waals surface area contributed by atoms with Gasteiger partial charge in [-0.2, -0.15) is 0 Å². The molecule has 2 amide bonds. The molecule has 1 fully saturated rings. The summed E-state index contributed by atoms with van der Waals surface area (Å²) in [7, 11) is 0. The molecule has 112 valence electrons. The Bertz CT molecular complexity index is 394. The number of nitrogens with one attached hydrogen (secondary N) is 1. The minimum atomic E-state index is -0.594. The van der Waals surface area contributed by atoms with Crippen LogP contribution >= 0.6 is 0 Å². The summed E-state index contributed by atoms with van der Waals surface area (Å²) in [5.74, 6) is -0.395. The molecular formula is C13H20N2O5. The average Bonchev–Trinajstić information content (AvgIpc) is 2.80. The second-order valence-corrected chi connectivity index (χ2v) is 4.46. The Labute approximate surface area is 117 Å². The van der Waals surface area contributed by atoms with Gasteiger partial charge in [0.25, 0.3) is 0 Å². The van der Waals surface area contributed by atoms with Gasteiger partial charge >= 0.3 is 12.1 Å². The van der Waals surface area contributed by atoms with Gasteiger partial charge in [0, 0.05) is 18.5 Å². The second kappa shape index (κ2) is 8.19. The molecular weight excluding hydrogens is 264 g/mol. The van der Waals surface area contributed by atoms with E-state index >= 15 is 0 Å². The van der Waals surface area contributed by atoms with E-state index in [0.717, 1.165) is 13.0 Å². The van der Waals surface area contributed by atoms with Gasteiger partial charge in [0.1, 0.15) is 13.2 Å². The first-order chi connectivity index (χ1) is 9.50. The molecule has 0 spiro atoms. The molecule has 1 saturated heterocycles. The van der Waals surface area contributed by atoms with Crippen LogP contribution in [0.15, 0.2) is 12.2 Å². The highest BCUT2D eigenvalue weighted by molar-refractivity contribution is 5.86. The van der Waals surface area contributed by atoms with Gasteiger partial charge in [-0.15, -0.1) is 0 Å². The van der Waals surface area contributed by atoms with Crippen molar-refractivity contribution in [2.24, 2.45) is 0 Å². The highest BCUT2D eigenvalue weighted by atomic mass is 16.6. The summed E-state index contributed by atoms with van der Waals surface area (Å²) in [6.45, 7) is 6.50. The van der Waals surface area contributed by atoms with Crippen LogP contribution in [0.1, 0.15) is 19.8 Å². The maximum atomic E-state index is 11.3. The van der Waals surface area contributed by atoms with E-state index in [2.05, 4.69) is 11.9 Å². The first kappa shape index (κ1) is 16.0. The summed E-state index contributed by atoms with van der Waals surface area (Å²) in [5.41, 5.74) is 0.308. The summed E-state index contributed by atoms with van der Waals surface area (Å²) in [6.07, 6.45) is 0.836. The molecule has 1 aliphatic rings. The Kier molecular flexibility index (Phi) is 6.55. The van der Waals surface area contributed by atoms with E-state index in [9.17, 15) is 14.4 Å². The molecule has 0 unspecified atom stereocenters. The largest absolute Gasteiger partial charge is 0.460 e. The van der Waals surface area contributed by atoms with Gasteiger partial charge < -0.3 is 19.7 Å². The summed E-state index contributed by atoms with van der Waals surface area (Å²) >= 11 is 0. The topological polar surface area (TPSA) is 84.9 Å². The molecule has 1 aliphatic heterocycles. The van der Waals surface area contributed by atoms with Crippen LogP contribution in [0.4, 0.5) is 4.79 Å². The Morgan fingerprint density at radius 2 is 2.10 bits per heavy atom. The van der Waals surface area contributed by atoms with Crippen molar-refractivity contribution in [3.8, 4) is 0 Å². The molecule has 0 bridgehead atoms. The monoisotopic (exact) mass is 284 g/mol. The van der Waals surface area contributed by atoms with Crippen molar-refractivity contribution in [1.82, 2.24) is 10.2 Å². The number of amides is 2. The minimum absolute atomic E-state index is 0.0609. The van der Waals surface area contributed by atoms with E-state index < -0.39 is 12.1 Å². The van der Waals surface area contributed by atoms with E-state index in [1.807, 2.05) is 0 Å². The summed E-state index contributed by atoms with van der Waals surface area (Å²) < 4.78 is 9.70. The molecule has 1 N–H and O–H groups in total. The lowest BCUT2D eigenvalue weighted by atomic mass is 10.4. The normalized spacial score (nSPS) is 14.1. The van der Waals surface area contributed by atoms with E-state index in [-0.39, 0.29) is 25.7 Å². The van der Waals surface area contributed by atoms with Crippen LogP contribution in [0.3, 0.4) is 0 Å². The van der Waals surface area contributed by atoms with Crippen LogP contribution in [-0.4, -0.2) is 55.7 Å². The van der Waals surface area contributed by atoms with Crippen molar-refractivity contribution in [1.29, 1.82) is 0 Å². The molecule has 1 rings (SSSR count). The number of nitrogens with zero attached hydrogens (tertiary/aromatic N) is 1. The minimum Gasteiger partial charge on any atom is -0.460 e. The molecule has 0 aromatic rings. The number of carbonyl (C=O) groups is 3. The predicted molar refractivity (Wildman–Crippen MR) is 70.9 cm³/mol. The van der Waals surface area contributed by atoms with E-state index in [0.29, 0.717) is 18.5 Å². The fourth-order valence-electron chi connectivity index (χ4n) is 1.66. The zero-order valence-corrected chi connectivity index (χ0v) is 11.6. The number of hydrogen-bond donors (Lipinski definition) is 1. The van der Waals surface area contributed by atoms with Crippen molar-refractivity contribution in [2.45, 2.75) is 19.8 Å². The molecule has 1 heterocycles. The van der Waals surface area contributed by atoms with Crippen LogP contribution in [-0.2, 0) is 19.1 Å². The Morgan fingerprint density at radius 3 is 2.70 bits per heavy atom. The fraction of sp³-hybridized carbons (Fsp3) is 0.615. The first-order valence-electron chi connectivity index (χ1n) is 6.51.